The van der Waals surface area contributed by atoms with Gasteiger partial charge in [-0.15, -0.1) is 4.89 Å². The molecule has 0 aliphatic carbocycles. The molecule has 0 heterocycles. The van der Waals surface area contributed by atoms with Crippen molar-refractivity contribution in [1.82, 2.24) is 4.67 Å². The van der Waals surface area contributed by atoms with Crippen LogP contribution in [0.25, 0.3) is 0 Å². The smallest absolute Gasteiger partial charge is 0.481 e. The molecular weight excluding hydrogens is 237 g/mol. The molecule has 0 aromatic rings. The summed E-state index contributed by atoms with van der Waals surface area (Å²) in [6, 6.07) is -1.23. The third-order valence-corrected chi connectivity index (χ3v) is 2.87. The van der Waals surface area contributed by atoms with Crippen LogP contribution in [0.4, 0.5) is 0 Å². The number of carboxylic acids is 2. The Hall–Kier alpha value is -1.04. The van der Waals surface area contributed by atoms with Crippen molar-refractivity contribution >= 4 is 20.1 Å². The van der Waals surface area contributed by atoms with Crippen LogP contribution in [0.5, 0.6) is 0 Å². The molecule has 16 heavy (non-hydrogen) atoms. The van der Waals surface area contributed by atoms with Crippen molar-refractivity contribution in [3.63, 3.8) is 0 Å². The van der Waals surface area contributed by atoms with Gasteiger partial charge in [-0.1, -0.05) is 11.6 Å². The van der Waals surface area contributed by atoms with E-state index in [4.69, 9.17) is 15.1 Å². The first-order valence-electron chi connectivity index (χ1n) is 4.77. The second kappa shape index (κ2) is 7.27. The number of rotatable bonds is 8. The third kappa shape index (κ3) is 5.16. The highest BCUT2D eigenvalue weighted by molar-refractivity contribution is 7.35. The van der Waals surface area contributed by atoms with Gasteiger partial charge in [-0.25, -0.2) is 0 Å². The topological polar surface area (TPSA) is 115 Å². The van der Waals surface area contributed by atoms with Crippen LogP contribution in [0.1, 0.15) is 26.2 Å². The number of hydrogen-bond acceptors (Lipinski definition) is 3. The van der Waals surface area contributed by atoms with Crippen molar-refractivity contribution in [2.45, 2.75) is 32.2 Å². The summed E-state index contributed by atoms with van der Waals surface area (Å²) >= 11 is 0. The fourth-order valence-electron chi connectivity index (χ4n) is 1.25. The summed E-state index contributed by atoms with van der Waals surface area (Å²) in [5, 5.41) is 17.3. The zero-order valence-corrected chi connectivity index (χ0v) is 9.76. The predicted molar refractivity (Wildman–Crippen MR) is 55.1 cm³/mol. The first-order valence-corrected chi connectivity index (χ1v) is 5.94. The minimum atomic E-state index is -2.76. The highest BCUT2D eigenvalue weighted by Gasteiger charge is 2.38. The molecule has 0 saturated carbocycles. The van der Waals surface area contributed by atoms with Gasteiger partial charge in [-0.2, -0.15) is 0 Å². The van der Waals surface area contributed by atoms with Crippen LogP contribution in [0.2, 0.25) is 0 Å². The molecule has 3 N–H and O–H groups in total. The van der Waals surface area contributed by atoms with Gasteiger partial charge in [-0.3, -0.25) is 9.59 Å². The second-order valence-corrected chi connectivity index (χ2v) is 4.22. The van der Waals surface area contributed by atoms with Gasteiger partial charge in [0.15, 0.2) is 6.04 Å². The number of nitrogens with zero attached hydrogens (tertiary/aromatic N) is 1. The third-order valence-electron chi connectivity index (χ3n) is 1.95. The molecule has 0 saturated heterocycles. The lowest BCUT2D eigenvalue weighted by molar-refractivity contribution is -0.142. The zero-order chi connectivity index (χ0) is 12.7. The molecule has 0 rings (SSSR count). The molecule has 0 aliphatic rings. The van der Waals surface area contributed by atoms with Crippen LogP contribution in [0.15, 0.2) is 0 Å². The van der Waals surface area contributed by atoms with Crippen LogP contribution >= 0.6 is 8.18 Å². The molecule has 0 spiro atoms. The Labute approximate surface area is 93.6 Å². The van der Waals surface area contributed by atoms with E-state index in [0.29, 0.717) is 6.42 Å². The predicted octanol–water partition coefficient (Wildman–Crippen LogP) is 0.666. The average molecular weight is 252 g/mol. The molecule has 0 aliphatic heterocycles. The molecule has 0 radical (unpaired) electrons. The first kappa shape index (κ1) is 15.0. The Morgan fingerprint density at radius 1 is 1.38 bits per heavy atom. The SMILES string of the molecule is CCCN([C@@H](CCC(=O)O)C(=O)O)[P+](=O)O. The molecular formula is C8H15NO6P+. The van der Waals surface area contributed by atoms with E-state index in [1.54, 1.807) is 6.92 Å². The molecule has 0 aromatic carbocycles. The Morgan fingerprint density at radius 3 is 2.25 bits per heavy atom. The maximum atomic E-state index is 10.9. The fraction of sp³-hybridized carbons (Fsp3) is 0.750. The quantitative estimate of drug-likeness (QED) is 0.543. The van der Waals surface area contributed by atoms with Crippen molar-refractivity contribution < 1.29 is 29.3 Å². The highest BCUT2D eigenvalue weighted by Crippen LogP contribution is 2.27. The molecule has 8 heteroatoms. The lowest BCUT2D eigenvalue weighted by Crippen LogP contribution is -2.37. The summed E-state index contributed by atoms with van der Waals surface area (Å²) in [6.07, 6.45) is -0.0227. The largest absolute Gasteiger partial charge is 0.613 e. The van der Waals surface area contributed by atoms with Gasteiger partial charge >= 0.3 is 20.1 Å². The van der Waals surface area contributed by atoms with Gasteiger partial charge in [0, 0.05) is 13.0 Å². The molecule has 0 amide bonds. The molecule has 92 valence electrons. The van der Waals surface area contributed by atoms with Gasteiger partial charge in [0.25, 0.3) is 0 Å². The van der Waals surface area contributed by atoms with Crippen molar-refractivity contribution in [1.29, 1.82) is 0 Å². The van der Waals surface area contributed by atoms with Crippen molar-refractivity contribution in [2.24, 2.45) is 0 Å². The van der Waals surface area contributed by atoms with Crippen molar-refractivity contribution in [3.8, 4) is 0 Å². The van der Waals surface area contributed by atoms with E-state index in [1.165, 1.54) is 0 Å². The summed E-state index contributed by atoms with van der Waals surface area (Å²) in [7, 11) is -2.76. The maximum Gasteiger partial charge on any atom is 0.613 e. The molecule has 0 bridgehead atoms. The lowest BCUT2D eigenvalue weighted by Gasteiger charge is -2.15. The van der Waals surface area contributed by atoms with Crippen LogP contribution in [0.3, 0.4) is 0 Å². The van der Waals surface area contributed by atoms with E-state index < -0.39 is 26.2 Å². The Bertz CT molecular complexity index is 282. The van der Waals surface area contributed by atoms with E-state index in [9.17, 15) is 14.2 Å². The Morgan fingerprint density at radius 2 is 1.94 bits per heavy atom. The normalized spacial score (nSPS) is 13.6. The van der Waals surface area contributed by atoms with Crippen LogP contribution < -0.4 is 0 Å². The molecule has 1 unspecified atom stereocenters. The van der Waals surface area contributed by atoms with Crippen LogP contribution in [-0.2, 0) is 14.2 Å². The van der Waals surface area contributed by atoms with Crippen LogP contribution in [0, 0.1) is 0 Å². The summed E-state index contributed by atoms with van der Waals surface area (Å²) in [5.41, 5.74) is 0. The standard InChI is InChI=1S/C8H14NO6P/c1-2-5-9(16(14)15)6(8(12)13)3-4-7(10)11/h6H,2-5H2,1H3,(H2-,10,11,12,13,14,15)/p+1/t6-/m0/s1. The van der Waals surface area contributed by atoms with E-state index in [-0.39, 0.29) is 19.4 Å². The van der Waals surface area contributed by atoms with Crippen molar-refractivity contribution in [3.05, 3.63) is 0 Å². The van der Waals surface area contributed by atoms with Crippen molar-refractivity contribution in [2.75, 3.05) is 6.54 Å². The van der Waals surface area contributed by atoms with E-state index in [0.717, 1.165) is 4.67 Å². The minimum Gasteiger partial charge on any atom is -0.481 e. The summed E-state index contributed by atoms with van der Waals surface area (Å²) in [5.74, 6) is -2.41. The molecule has 0 aromatic heterocycles. The fourth-order valence-corrected chi connectivity index (χ4v) is 2.07. The summed E-state index contributed by atoms with van der Waals surface area (Å²) in [6.45, 7) is 1.88. The van der Waals surface area contributed by atoms with Gasteiger partial charge in [0.2, 0.25) is 0 Å². The van der Waals surface area contributed by atoms with Gasteiger partial charge in [-0.05, 0) is 17.4 Å². The number of carbonyl (C=O) groups is 2. The number of aliphatic carboxylic acids is 2. The van der Waals surface area contributed by atoms with Gasteiger partial charge in [0.1, 0.15) is 0 Å². The van der Waals surface area contributed by atoms with E-state index >= 15 is 0 Å². The maximum absolute atomic E-state index is 10.9. The highest BCUT2D eigenvalue weighted by atomic mass is 31.1. The Kier molecular flexibility index (Phi) is 6.80. The minimum absolute atomic E-state index is 0.141. The molecule has 7 nitrogen and oxygen atoms in total. The molecule has 0 fully saturated rings. The van der Waals surface area contributed by atoms with E-state index in [1.807, 2.05) is 0 Å². The summed E-state index contributed by atoms with van der Waals surface area (Å²) < 4.78 is 11.8. The first-order chi connectivity index (χ1) is 7.40. The molecule has 2 atom stereocenters. The number of carboxylic acid groups (broad SMARTS) is 2. The van der Waals surface area contributed by atoms with Crippen LogP contribution in [-0.4, -0.2) is 44.3 Å². The summed E-state index contributed by atoms with van der Waals surface area (Å²) in [4.78, 5) is 30.1. The Balaban J connectivity index is 4.64. The average Bonchev–Trinajstić information content (AvgIpc) is 2.15. The lowest BCUT2D eigenvalue weighted by atomic mass is 10.1. The number of hydrogen-bond donors (Lipinski definition) is 3. The van der Waals surface area contributed by atoms with Gasteiger partial charge in [0.05, 0.1) is 0 Å². The monoisotopic (exact) mass is 252 g/mol. The van der Waals surface area contributed by atoms with Gasteiger partial charge < -0.3 is 10.2 Å². The van der Waals surface area contributed by atoms with E-state index in [2.05, 4.69) is 0 Å². The zero-order valence-electron chi connectivity index (χ0n) is 8.87. The second-order valence-electron chi connectivity index (χ2n) is 3.20.